The molecule has 1 saturated carbocycles. The fourth-order valence-corrected chi connectivity index (χ4v) is 2.72. The number of carbonyl (C=O) groups is 1. The Labute approximate surface area is 117 Å². The summed E-state index contributed by atoms with van der Waals surface area (Å²) < 4.78 is 5.17. The molecule has 1 aromatic rings. The maximum atomic E-state index is 12.3. The molecule has 1 amide bonds. The van der Waals surface area contributed by atoms with E-state index in [2.05, 4.69) is 5.32 Å². The molecule has 0 spiro atoms. The first-order valence-electron chi connectivity index (χ1n) is 6.41. The number of amides is 1. The first-order chi connectivity index (χ1) is 9.15. The van der Waals surface area contributed by atoms with E-state index in [0.717, 1.165) is 19.3 Å². The number of hydrogen-bond donors (Lipinski definition) is 2. The van der Waals surface area contributed by atoms with E-state index in [9.17, 15) is 9.90 Å². The molecule has 0 aliphatic heterocycles. The summed E-state index contributed by atoms with van der Waals surface area (Å²) in [5.74, 6) is 0.444. The molecule has 2 unspecified atom stereocenters. The van der Waals surface area contributed by atoms with Crippen LogP contribution in [0.25, 0.3) is 0 Å². The number of ether oxygens (including phenoxy) is 1. The molecule has 0 saturated heterocycles. The molecule has 19 heavy (non-hydrogen) atoms. The molecule has 0 radical (unpaired) electrons. The molecule has 2 N–H and O–H groups in total. The highest BCUT2D eigenvalue weighted by Crippen LogP contribution is 2.27. The monoisotopic (exact) mass is 283 g/mol. The van der Waals surface area contributed by atoms with Gasteiger partial charge in [-0.25, -0.2) is 0 Å². The summed E-state index contributed by atoms with van der Waals surface area (Å²) >= 11 is 5.91. The van der Waals surface area contributed by atoms with Crippen molar-refractivity contribution in [1.82, 2.24) is 5.32 Å². The summed E-state index contributed by atoms with van der Waals surface area (Å²) in [7, 11) is 1.52. The normalized spacial score (nSPS) is 22.3. The Bertz CT molecular complexity index is 464. The van der Waals surface area contributed by atoms with Crippen molar-refractivity contribution in [3.63, 3.8) is 0 Å². The zero-order valence-electron chi connectivity index (χ0n) is 10.9. The standard InChI is InChI=1S/C14H18ClNO3/c1-19-13-6-5-10(15)7-11(13)14(18)16-12-4-2-3-9(12)8-17/h5-7,9,12,17H,2-4,8H2,1H3,(H,16,18). The van der Waals surface area contributed by atoms with Crippen molar-refractivity contribution in [2.24, 2.45) is 5.92 Å². The molecule has 2 atom stereocenters. The van der Waals surface area contributed by atoms with Crippen LogP contribution in [0.5, 0.6) is 5.75 Å². The summed E-state index contributed by atoms with van der Waals surface area (Å²) in [6.07, 6.45) is 2.89. The molecule has 0 bridgehead atoms. The van der Waals surface area contributed by atoms with Crippen molar-refractivity contribution in [2.45, 2.75) is 25.3 Å². The molecule has 0 aromatic heterocycles. The molecular formula is C14H18ClNO3. The van der Waals surface area contributed by atoms with Gasteiger partial charge in [0.05, 0.1) is 12.7 Å². The van der Waals surface area contributed by atoms with Gasteiger partial charge in [-0.3, -0.25) is 4.79 Å². The maximum absolute atomic E-state index is 12.3. The Kier molecular flexibility index (Phi) is 4.66. The largest absolute Gasteiger partial charge is 0.496 e. The van der Waals surface area contributed by atoms with Gasteiger partial charge in [0, 0.05) is 23.6 Å². The van der Waals surface area contributed by atoms with E-state index < -0.39 is 0 Å². The maximum Gasteiger partial charge on any atom is 0.255 e. The average molecular weight is 284 g/mol. The van der Waals surface area contributed by atoms with Gasteiger partial charge in [0.15, 0.2) is 0 Å². The van der Waals surface area contributed by atoms with Crippen molar-refractivity contribution in [3.8, 4) is 5.75 Å². The van der Waals surface area contributed by atoms with Gasteiger partial charge in [0.2, 0.25) is 0 Å². The van der Waals surface area contributed by atoms with Crippen LogP contribution in [0.15, 0.2) is 18.2 Å². The van der Waals surface area contributed by atoms with Crippen LogP contribution in [0, 0.1) is 5.92 Å². The minimum atomic E-state index is -0.204. The molecule has 1 aliphatic rings. The minimum absolute atomic E-state index is 0.0289. The first-order valence-corrected chi connectivity index (χ1v) is 6.78. The topological polar surface area (TPSA) is 58.6 Å². The van der Waals surface area contributed by atoms with Gasteiger partial charge in [-0.15, -0.1) is 0 Å². The van der Waals surface area contributed by atoms with E-state index in [-0.39, 0.29) is 24.5 Å². The zero-order chi connectivity index (χ0) is 13.8. The van der Waals surface area contributed by atoms with E-state index in [4.69, 9.17) is 16.3 Å². The van der Waals surface area contributed by atoms with Gasteiger partial charge in [0.25, 0.3) is 5.91 Å². The zero-order valence-corrected chi connectivity index (χ0v) is 11.6. The van der Waals surface area contributed by atoms with Gasteiger partial charge in [0.1, 0.15) is 5.75 Å². The predicted molar refractivity (Wildman–Crippen MR) is 73.7 cm³/mol. The molecule has 1 aromatic carbocycles. The number of benzene rings is 1. The van der Waals surface area contributed by atoms with Crippen LogP contribution in [0.2, 0.25) is 5.02 Å². The van der Waals surface area contributed by atoms with E-state index in [1.165, 1.54) is 7.11 Å². The number of aliphatic hydroxyl groups is 1. The van der Waals surface area contributed by atoms with Crippen molar-refractivity contribution >= 4 is 17.5 Å². The molecular weight excluding hydrogens is 266 g/mol. The summed E-state index contributed by atoms with van der Waals surface area (Å²) in [5.41, 5.74) is 0.429. The van der Waals surface area contributed by atoms with E-state index in [1.54, 1.807) is 18.2 Å². The summed E-state index contributed by atoms with van der Waals surface area (Å²) in [6, 6.07) is 4.98. The molecule has 5 heteroatoms. The molecule has 4 nitrogen and oxygen atoms in total. The van der Waals surface area contributed by atoms with Crippen LogP contribution in [0.1, 0.15) is 29.6 Å². The summed E-state index contributed by atoms with van der Waals surface area (Å²) in [6.45, 7) is 0.109. The average Bonchev–Trinajstić information content (AvgIpc) is 2.85. The molecule has 104 valence electrons. The van der Waals surface area contributed by atoms with Crippen molar-refractivity contribution in [3.05, 3.63) is 28.8 Å². The SMILES string of the molecule is COc1ccc(Cl)cc1C(=O)NC1CCCC1CO. The fourth-order valence-electron chi connectivity index (χ4n) is 2.55. The smallest absolute Gasteiger partial charge is 0.255 e. The lowest BCUT2D eigenvalue weighted by molar-refractivity contribution is 0.0913. The highest BCUT2D eigenvalue weighted by molar-refractivity contribution is 6.31. The van der Waals surface area contributed by atoms with Crippen LogP contribution < -0.4 is 10.1 Å². The number of carbonyl (C=O) groups excluding carboxylic acids is 1. The van der Waals surface area contributed by atoms with Crippen LogP contribution in [-0.2, 0) is 0 Å². The minimum Gasteiger partial charge on any atom is -0.496 e. The van der Waals surface area contributed by atoms with E-state index >= 15 is 0 Å². The molecule has 1 aliphatic carbocycles. The predicted octanol–water partition coefficient (Wildman–Crippen LogP) is 2.24. The van der Waals surface area contributed by atoms with Crippen LogP contribution >= 0.6 is 11.6 Å². The van der Waals surface area contributed by atoms with Crippen molar-refractivity contribution < 1.29 is 14.6 Å². The molecule has 1 fully saturated rings. The summed E-state index contributed by atoms with van der Waals surface area (Å²) in [5, 5.41) is 12.7. The Morgan fingerprint density at radius 3 is 3.00 bits per heavy atom. The number of hydrogen-bond acceptors (Lipinski definition) is 3. The van der Waals surface area contributed by atoms with E-state index in [0.29, 0.717) is 16.3 Å². The first kappa shape index (κ1) is 14.2. The number of aliphatic hydroxyl groups excluding tert-OH is 1. The van der Waals surface area contributed by atoms with Gasteiger partial charge >= 0.3 is 0 Å². The van der Waals surface area contributed by atoms with Crippen LogP contribution in [0.3, 0.4) is 0 Å². The third kappa shape index (κ3) is 3.19. The number of methoxy groups -OCH3 is 1. The second-order valence-electron chi connectivity index (χ2n) is 4.80. The van der Waals surface area contributed by atoms with Crippen molar-refractivity contribution in [2.75, 3.05) is 13.7 Å². The van der Waals surface area contributed by atoms with Gasteiger partial charge in [-0.1, -0.05) is 18.0 Å². The van der Waals surface area contributed by atoms with Gasteiger partial charge < -0.3 is 15.2 Å². The van der Waals surface area contributed by atoms with Crippen LogP contribution in [-0.4, -0.2) is 30.8 Å². The van der Waals surface area contributed by atoms with E-state index in [1.807, 2.05) is 0 Å². The third-order valence-corrected chi connectivity index (χ3v) is 3.85. The molecule has 2 rings (SSSR count). The molecule has 0 heterocycles. The quantitative estimate of drug-likeness (QED) is 0.891. The van der Waals surface area contributed by atoms with Gasteiger partial charge in [-0.05, 0) is 31.0 Å². The Hall–Kier alpha value is -1.26. The lowest BCUT2D eigenvalue weighted by Gasteiger charge is -2.19. The number of nitrogens with one attached hydrogen (secondary N) is 1. The second-order valence-corrected chi connectivity index (χ2v) is 5.23. The second kappa shape index (κ2) is 6.26. The highest BCUT2D eigenvalue weighted by atomic mass is 35.5. The highest BCUT2D eigenvalue weighted by Gasteiger charge is 2.28. The number of halogens is 1. The number of rotatable bonds is 4. The lowest BCUT2D eigenvalue weighted by atomic mass is 10.0. The third-order valence-electron chi connectivity index (χ3n) is 3.62. The lowest BCUT2D eigenvalue weighted by Crippen LogP contribution is -2.38. The summed E-state index contributed by atoms with van der Waals surface area (Å²) in [4.78, 5) is 12.3. The van der Waals surface area contributed by atoms with Crippen molar-refractivity contribution in [1.29, 1.82) is 0 Å². The Morgan fingerprint density at radius 2 is 2.32 bits per heavy atom. The Morgan fingerprint density at radius 1 is 1.53 bits per heavy atom. The van der Waals surface area contributed by atoms with Gasteiger partial charge in [-0.2, -0.15) is 0 Å². The fraction of sp³-hybridized carbons (Fsp3) is 0.500. The van der Waals surface area contributed by atoms with Crippen LogP contribution in [0.4, 0.5) is 0 Å². The Balaban J connectivity index is 2.13.